The first-order chi connectivity index (χ1) is 26.8. The lowest BCUT2D eigenvalue weighted by Gasteiger charge is -2.22. The van der Waals surface area contributed by atoms with Gasteiger partial charge in [0.05, 0.1) is 40.0 Å². The molecule has 0 radical (unpaired) electrons. The van der Waals surface area contributed by atoms with E-state index in [4.69, 9.17) is 6.57 Å². The average molecular weight is 764 g/mol. The first kappa shape index (κ1) is 37.2. The van der Waals surface area contributed by atoms with Gasteiger partial charge in [-0.3, -0.25) is 0 Å². The molecular weight excluding hydrogens is 711 g/mol. The highest BCUT2D eigenvalue weighted by Crippen LogP contribution is 2.50. The van der Waals surface area contributed by atoms with Crippen LogP contribution in [0.3, 0.4) is 0 Å². The van der Waals surface area contributed by atoms with E-state index >= 15 is 0 Å². The van der Waals surface area contributed by atoms with Gasteiger partial charge in [-0.25, -0.2) is 4.85 Å². The quantitative estimate of drug-likeness (QED) is 0.156. The number of benzene rings is 6. The molecule has 0 aliphatic heterocycles. The molecule has 3 heterocycles. The Balaban J connectivity index is 1.53. The second-order valence-corrected chi connectivity index (χ2v) is 21.3. The fraction of sp³-hybridized carbons (Fsp3) is 0.302. The summed E-state index contributed by atoms with van der Waals surface area (Å²) in [6.45, 7) is 36.2. The molecule has 3 aromatic heterocycles. The van der Waals surface area contributed by atoms with Crippen LogP contribution in [-0.4, -0.2) is 9.13 Å². The molecule has 0 aliphatic rings. The molecule has 0 aliphatic carbocycles. The van der Waals surface area contributed by atoms with Crippen molar-refractivity contribution in [1.29, 1.82) is 0 Å². The average Bonchev–Trinajstić information content (AvgIpc) is 3.80. The SMILES string of the molecule is [C-]#[N+]c1cc(-n2c3ccc(C(C)(C)C)cc3c3cc(C(C)(C)C)ccc32)c(-n2c3ccc(C(C)(C)C)cc3c3cc(C(C)(C)C)ccc32)c2c1sc1ccccc12. The van der Waals surface area contributed by atoms with Gasteiger partial charge >= 0.3 is 0 Å². The van der Waals surface area contributed by atoms with Gasteiger partial charge in [0, 0.05) is 41.7 Å². The van der Waals surface area contributed by atoms with E-state index in [1.165, 1.54) is 64.9 Å². The largest absolute Gasteiger partial charge is 0.308 e. The highest BCUT2D eigenvalue weighted by molar-refractivity contribution is 7.26. The zero-order valence-corrected chi connectivity index (χ0v) is 36.4. The van der Waals surface area contributed by atoms with Gasteiger partial charge in [0.25, 0.3) is 0 Å². The lowest BCUT2D eigenvalue weighted by molar-refractivity contribution is 0.590. The Morgan fingerprint density at radius 3 is 1.23 bits per heavy atom. The Labute approximate surface area is 341 Å². The lowest BCUT2D eigenvalue weighted by atomic mass is 9.85. The molecule has 0 spiro atoms. The fourth-order valence-electron chi connectivity index (χ4n) is 8.75. The molecule has 0 bridgehead atoms. The van der Waals surface area contributed by atoms with E-state index < -0.39 is 0 Å². The first-order valence-electron chi connectivity index (χ1n) is 20.3. The number of rotatable bonds is 2. The van der Waals surface area contributed by atoms with E-state index in [0.717, 1.165) is 32.5 Å². The monoisotopic (exact) mass is 763 g/mol. The molecule has 0 amide bonds. The van der Waals surface area contributed by atoms with Gasteiger partial charge in [0.2, 0.25) is 5.69 Å². The van der Waals surface area contributed by atoms with E-state index in [1.54, 1.807) is 11.3 Å². The van der Waals surface area contributed by atoms with E-state index in [1.807, 2.05) is 0 Å². The molecule has 286 valence electrons. The maximum absolute atomic E-state index is 8.63. The van der Waals surface area contributed by atoms with Crippen LogP contribution in [0.5, 0.6) is 0 Å². The third-order valence-electron chi connectivity index (χ3n) is 12.2. The van der Waals surface area contributed by atoms with Gasteiger partial charge in [0.1, 0.15) is 0 Å². The summed E-state index contributed by atoms with van der Waals surface area (Å²) in [5.74, 6) is 0. The van der Waals surface area contributed by atoms with E-state index in [9.17, 15) is 0 Å². The van der Waals surface area contributed by atoms with Crippen molar-refractivity contribution in [2.24, 2.45) is 0 Å². The van der Waals surface area contributed by atoms with Gasteiger partial charge < -0.3 is 9.13 Å². The molecule has 9 rings (SSSR count). The molecule has 9 aromatic rings. The van der Waals surface area contributed by atoms with E-state index in [-0.39, 0.29) is 21.7 Å². The number of hydrogen-bond donors (Lipinski definition) is 0. The van der Waals surface area contributed by atoms with Gasteiger partial charge in [0.15, 0.2) is 0 Å². The molecule has 0 N–H and O–H groups in total. The number of nitrogens with zero attached hydrogens (tertiary/aromatic N) is 3. The summed E-state index contributed by atoms with van der Waals surface area (Å²) in [6, 6.07) is 39.2. The number of hydrogen-bond acceptors (Lipinski definition) is 1. The van der Waals surface area contributed by atoms with E-state index in [0.29, 0.717) is 5.69 Å². The summed E-state index contributed by atoms with van der Waals surface area (Å²) in [7, 11) is 0. The van der Waals surface area contributed by atoms with Crippen molar-refractivity contribution in [3.05, 3.63) is 137 Å². The Morgan fingerprint density at radius 2 is 0.842 bits per heavy atom. The topological polar surface area (TPSA) is 14.2 Å². The maximum Gasteiger partial charge on any atom is 0.206 e. The smallest absolute Gasteiger partial charge is 0.206 e. The molecule has 0 unspecified atom stereocenters. The molecule has 4 heteroatoms. The maximum atomic E-state index is 8.63. The van der Waals surface area contributed by atoms with Gasteiger partial charge in [-0.15, -0.1) is 11.3 Å². The lowest BCUT2D eigenvalue weighted by Crippen LogP contribution is -2.11. The zero-order chi connectivity index (χ0) is 40.6. The fourth-order valence-corrected chi connectivity index (χ4v) is 9.91. The summed E-state index contributed by atoms with van der Waals surface area (Å²) >= 11 is 1.73. The molecule has 57 heavy (non-hydrogen) atoms. The number of thiophene rings is 1. The Bertz CT molecular complexity index is 3020. The van der Waals surface area contributed by atoms with E-state index in [2.05, 4.69) is 200 Å². The van der Waals surface area contributed by atoms with Crippen LogP contribution >= 0.6 is 11.3 Å². The van der Waals surface area contributed by atoms with Crippen molar-refractivity contribution >= 4 is 80.8 Å². The van der Waals surface area contributed by atoms with Crippen molar-refractivity contribution in [3.63, 3.8) is 0 Å². The summed E-state index contributed by atoms with van der Waals surface area (Å²) < 4.78 is 7.21. The highest BCUT2D eigenvalue weighted by Gasteiger charge is 2.28. The normalized spacial score (nSPS) is 13.2. The molecule has 0 saturated carbocycles. The summed E-state index contributed by atoms with van der Waals surface area (Å²) in [5, 5.41) is 7.29. The molecule has 3 nitrogen and oxygen atoms in total. The standard InChI is InChI=1S/C53H53N3S/c1-50(2,3)31-18-22-41-36(26-31)37-27-32(51(4,5)6)19-23-42(37)55(41)45-30-40(54-13)49-47(35-16-14-15-17-46(35)57-49)48(45)56-43-24-20-33(52(7,8)9)28-38(43)39-29-34(53(10,11)12)21-25-44(39)56/h14-30H,1-12H3. The number of fused-ring (bicyclic) bond motifs is 9. The van der Waals surface area contributed by atoms with Gasteiger partial charge in [-0.1, -0.05) is 126 Å². The Hall–Kier alpha value is -5.37. The Morgan fingerprint density at radius 1 is 0.456 bits per heavy atom. The minimum Gasteiger partial charge on any atom is -0.308 e. The third kappa shape index (κ3) is 5.80. The van der Waals surface area contributed by atoms with Crippen LogP contribution in [0, 0.1) is 6.57 Å². The van der Waals surface area contributed by atoms with Gasteiger partial charge in [-0.2, -0.15) is 0 Å². The molecule has 0 atom stereocenters. The number of aromatic nitrogens is 2. The van der Waals surface area contributed by atoms with Crippen LogP contribution in [0.25, 0.3) is 80.0 Å². The predicted molar refractivity (Wildman–Crippen MR) is 249 cm³/mol. The van der Waals surface area contributed by atoms with Crippen molar-refractivity contribution in [2.45, 2.75) is 105 Å². The third-order valence-corrected chi connectivity index (χ3v) is 13.4. The predicted octanol–water partition coefficient (Wildman–Crippen LogP) is 16.0. The molecule has 0 fully saturated rings. The summed E-state index contributed by atoms with van der Waals surface area (Å²) in [4.78, 5) is 4.28. The Kier molecular flexibility index (Phi) is 8.04. The molecular formula is C53H53N3S. The minimum absolute atomic E-state index is 0.00962. The molecule has 6 aromatic carbocycles. The van der Waals surface area contributed by atoms with Crippen LogP contribution in [0.2, 0.25) is 0 Å². The summed E-state index contributed by atoms with van der Waals surface area (Å²) in [6.07, 6.45) is 0. The van der Waals surface area contributed by atoms with Crippen LogP contribution < -0.4 is 0 Å². The van der Waals surface area contributed by atoms with Crippen molar-refractivity contribution < 1.29 is 0 Å². The summed E-state index contributed by atoms with van der Waals surface area (Å²) in [5.41, 5.74) is 12.6. The van der Waals surface area contributed by atoms with Crippen molar-refractivity contribution in [1.82, 2.24) is 9.13 Å². The zero-order valence-electron chi connectivity index (χ0n) is 35.6. The first-order valence-corrected chi connectivity index (χ1v) is 21.1. The second kappa shape index (κ2) is 12.3. The minimum atomic E-state index is -0.0119. The second-order valence-electron chi connectivity index (χ2n) is 20.3. The van der Waals surface area contributed by atoms with Crippen LogP contribution in [-0.2, 0) is 21.7 Å². The van der Waals surface area contributed by atoms with Crippen molar-refractivity contribution in [2.75, 3.05) is 0 Å². The molecule has 0 saturated heterocycles. The van der Waals surface area contributed by atoms with Crippen molar-refractivity contribution in [3.8, 4) is 11.4 Å². The highest BCUT2D eigenvalue weighted by atomic mass is 32.1. The van der Waals surface area contributed by atoms with Crippen LogP contribution in [0.1, 0.15) is 105 Å². The van der Waals surface area contributed by atoms with Crippen LogP contribution in [0.4, 0.5) is 5.69 Å². The van der Waals surface area contributed by atoms with Gasteiger partial charge in [-0.05, 0) is 105 Å². The van der Waals surface area contributed by atoms with Crippen LogP contribution in [0.15, 0.2) is 103 Å².